The van der Waals surface area contributed by atoms with Gasteiger partial charge in [0.2, 0.25) is 0 Å². The summed E-state index contributed by atoms with van der Waals surface area (Å²) in [4.78, 5) is 11.9. The standard InChI is InChI=1S/C14H11BrFNO/c1-9-8-12(6-7-13(9)16)17-14(18)10-2-4-11(15)5-3-10/h2-8H,1H3,(H,17,18). The molecule has 0 aliphatic rings. The van der Waals surface area contributed by atoms with E-state index in [1.54, 1.807) is 43.3 Å². The van der Waals surface area contributed by atoms with Crippen LogP contribution in [0.15, 0.2) is 46.9 Å². The highest BCUT2D eigenvalue weighted by Gasteiger charge is 2.06. The smallest absolute Gasteiger partial charge is 0.255 e. The molecule has 2 rings (SSSR count). The average Bonchev–Trinajstić information content (AvgIpc) is 2.34. The van der Waals surface area contributed by atoms with Crippen LogP contribution >= 0.6 is 15.9 Å². The van der Waals surface area contributed by atoms with Gasteiger partial charge in [-0.05, 0) is 55.0 Å². The van der Waals surface area contributed by atoms with Crippen LogP contribution < -0.4 is 5.32 Å². The third-order valence-electron chi connectivity index (χ3n) is 2.52. The second kappa shape index (κ2) is 5.31. The van der Waals surface area contributed by atoms with Gasteiger partial charge in [-0.25, -0.2) is 4.39 Å². The van der Waals surface area contributed by atoms with E-state index in [0.717, 1.165) is 4.47 Å². The summed E-state index contributed by atoms with van der Waals surface area (Å²) in [6, 6.07) is 11.5. The Balaban J connectivity index is 2.16. The maximum atomic E-state index is 13.1. The molecule has 2 nitrogen and oxygen atoms in total. The van der Waals surface area contributed by atoms with Crippen molar-refractivity contribution in [1.29, 1.82) is 0 Å². The molecule has 4 heteroatoms. The Morgan fingerprint density at radius 1 is 1.17 bits per heavy atom. The number of nitrogens with one attached hydrogen (secondary N) is 1. The summed E-state index contributed by atoms with van der Waals surface area (Å²) in [6.07, 6.45) is 0. The lowest BCUT2D eigenvalue weighted by atomic mass is 10.2. The van der Waals surface area contributed by atoms with Crippen LogP contribution in [-0.4, -0.2) is 5.91 Å². The van der Waals surface area contributed by atoms with E-state index >= 15 is 0 Å². The van der Waals surface area contributed by atoms with Crippen molar-refractivity contribution in [2.45, 2.75) is 6.92 Å². The number of hydrogen-bond donors (Lipinski definition) is 1. The summed E-state index contributed by atoms with van der Waals surface area (Å²) >= 11 is 3.31. The molecule has 92 valence electrons. The maximum Gasteiger partial charge on any atom is 0.255 e. The van der Waals surface area contributed by atoms with Gasteiger partial charge in [-0.3, -0.25) is 4.79 Å². The zero-order valence-corrected chi connectivity index (χ0v) is 11.3. The van der Waals surface area contributed by atoms with Crippen molar-refractivity contribution in [3.8, 4) is 0 Å². The zero-order valence-electron chi connectivity index (χ0n) is 9.71. The van der Waals surface area contributed by atoms with Crippen LogP contribution in [0.3, 0.4) is 0 Å². The van der Waals surface area contributed by atoms with Crippen LogP contribution in [0.1, 0.15) is 15.9 Å². The Morgan fingerprint density at radius 2 is 1.83 bits per heavy atom. The van der Waals surface area contributed by atoms with Gasteiger partial charge in [0.05, 0.1) is 0 Å². The summed E-state index contributed by atoms with van der Waals surface area (Å²) in [5.41, 5.74) is 1.64. The Bertz CT molecular complexity index is 581. The highest BCUT2D eigenvalue weighted by molar-refractivity contribution is 9.10. The molecule has 0 aliphatic carbocycles. The number of hydrogen-bond acceptors (Lipinski definition) is 1. The average molecular weight is 308 g/mol. The molecule has 2 aromatic carbocycles. The monoisotopic (exact) mass is 307 g/mol. The predicted octanol–water partition coefficient (Wildman–Crippen LogP) is 4.15. The minimum atomic E-state index is -0.281. The van der Waals surface area contributed by atoms with Gasteiger partial charge >= 0.3 is 0 Å². The molecule has 0 bridgehead atoms. The van der Waals surface area contributed by atoms with E-state index in [9.17, 15) is 9.18 Å². The molecule has 0 fully saturated rings. The van der Waals surface area contributed by atoms with Crippen LogP contribution in [-0.2, 0) is 0 Å². The van der Waals surface area contributed by atoms with Crippen molar-refractivity contribution >= 4 is 27.5 Å². The molecule has 18 heavy (non-hydrogen) atoms. The van der Waals surface area contributed by atoms with E-state index in [-0.39, 0.29) is 11.7 Å². The van der Waals surface area contributed by atoms with Crippen LogP contribution in [0.25, 0.3) is 0 Å². The molecule has 1 N–H and O–H groups in total. The zero-order chi connectivity index (χ0) is 13.1. The number of aryl methyl sites for hydroxylation is 1. The van der Waals surface area contributed by atoms with Crippen LogP contribution in [0, 0.1) is 12.7 Å². The molecule has 0 saturated carbocycles. The molecular weight excluding hydrogens is 297 g/mol. The van der Waals surface area contributed by atoms with Crippen molar-refractivity contribution in [2.75, 3.05) is 5.32 Å². The third kappa shape index (κ3) is 2.96. The molecule has 0 aromatic heterocycles. The van der Waals surface area contributed by atoms with Crippen LogP contribution in [0.5, 0.6) is 0 Å². The number of halogens is 2. The van der Waals surface area contributed by atoms with Gasteiger partial charge in [0.15, 0.2) is 0 Å². The Morgan fingerprint density at radius 3 is 2.44 bits per heavy atom. The van der Waals surface area contributed by atoms with E-state index in [1.165, 1.54) is 6.07 Å². The van der Waals surface area contributed by atoms with Crippen molar-refractivity contribution < 1.29 is 9.18 Å². The quantitative estimate of drug-likeness (QED) is 0.887. The van der Waals surface area contributed by atoms with E-state index in [2.05, 4.69) is 21.2 Å². The number of anilines is 1. The molecule has 1 amide bonds. The molecule has 0 atom stereocenters. The van der Waals surface area contributed by atoms with Crippen LogP contribution in [0.4, 0.5) is 10.1 Å². The fraction of sp³-hybridized carbons (Fsp3) is 0.0714. The molecule has 2 aromatic rings. The number of carbonyl (C=O) groups is 1. The second-order valence-corrected chi connectivity index (χ2v) is 4.84. The molecule has 0 radical (unpaired) electrons. The van der Waals surface area contributed by atoms with Crippen LogP contribution in [0.2, 0.25) is 0 Å². The molecule has 0 aliphatic heterocycles. The van der Waals surface area contributed by atoms with Crippen molar-refractivity contribution in [2.24, 2.45) is 0 Å². The van der Waals surface area contributed by atoms with E-state index in [1.807, 2.05) is 0 Å². The SMILES string of the molecule is Cc1cc(NC(=O)c2ccc(Br)cc2)ccc1F. The summed E-state index contributed by atoms with van der Waals surface area (Å²) < 4.78 is 14.0. The molecule has 0 spiro atoms. The van der Waals surface area contributed by atoms with Gasteiger partial charge in [-0.2, -0.15) is 0 Å². The Kier molecular flexibility index (Phi) is 3.77. The van der Waals surface area contributed by atoms with Gasteiger partial charge in [-0.15, -0.1) is 0 Å². The molecule has 0 heterocycles. The Labute approximate surface area is 113 Å². The largest absolute Gasteiger partial charge is 0.322 e. The number of carbonyl (C=O) groups excluding carboxylic acids is 1. The minimum absolute atomic E-state index is 0.214. The lowest BCUT2D eigenvalue weighted by Gasteiger charge is -2.06. The summed E-state index contributed by atoms with van der Waals surface area (Å²) in [6.45, 7) is 1.66. The topological polar surface area (TPSA) is 29.1 Å². The molecule has 0 unspecified atom stereocenters. The van der Waals surface area contributed by atoms with Gasteiger partial charge in [0.25, 0.3) is 5.91 Å². The highest BCUT2D eigenvalue weighted by Crippen LogP contribution is 2.16. The van der Waals surface area contributed by atoms with E-state index in [0.29, 0.717) is 16.8 Å². The van der Waals surface area contributed by atoms with Crippen molar-refractivity contribution in [3.63, 3.8) is 0 Å². The van der Waals surface area contributed by atoms with E-state index < -0.39 is 0 Å². The Hall–Kier alpha value is -1.68. The normalized spacial score (nSPS) is 10.2. The first-order valence-electron chi connectivity index (χ1n) is 5.39. The highest BCUT2D eigenvalue weighted by atomic mass is 79.9. The predicted molar refractivity (Wildman–Crippen MR) is 73.2 cm³/mol. The van der Waals surface area contributed by atoms with Gasteiger partial charge < -0.3 is 5.32 Å². The summed E-state index contributed by atoms with van der Waals surface area (Å²) in [5, 5.41) is 2.72. The fourth-order valence-electron chi connectivity index (χ4n) is 1.53. The molecular formula is C14H11BrFNO. The minimum Gasteiger partial charge on any atom is -0.322 e. The van der Waals surface area contributed by atoms with E-state index in [4.69, 9.17) is 0 Å². The molecule has 0 saturated heterocycles. The fourth-order valence-corrected chi connectivity index (χ4v) is 1.79. The maximum absolute atomic E-state index is 13.1. The van der Waals surface area contributed by atoms with Gasteiger partial charge in [0, 0.05) is 15.7 Å². The summed E-state index contributed by atoms with van der Waals surface area (Å²) in [7, 11) is 0. The third-order valence-corrected chi connectivity index (χ3v) is 3.05. The first kappa shape index (κ1) is 12.8. The van der Waals surface area contributed by atoms with Crippen molar-refractivity contribution in [1.82, 2.24) is 0 Å². The lowest BCUT2D eigenvalue weighted by molar-refractivity contribution is 0.102. The summed E-state index contributed by atoms with van der Waals surface area (Å²) in [5.74, 6) is -0.495. The number of amides is 1. The second-order valence-electron chi connectivity index (χ2n) is 3.92. The van der Waals surface area contributed by atoms with Gasteiger partial charge in [0.1, 0.15) is 5.82 Å². The lowest BCUT2D eigenvalue weighted by Crippen LogP contribution is -2.11. The number of rotatable bonds is 2. The van der Waals surface area contributed by atoms with Gasteiger partial charge in [-0.1, -0.05) is 15.9 Å². The first-order valence-corrected chi connectivity index (χ1v) is 6.18. The first-order chi connectivity index (χ1) is 8.56. The van der Waals surface area contributed by atoms with Crippen molar-refractivity contribution in [3.05, 3.63) is 63.9 Å². The number of benzene rings is 2.